The van der Waals surface area contributed by atoms with Crippen molar-refractivity contribution < 1.29 is 19.1 Å². The molecule has 0 aliphatic heterocycles. The fourth-order valence-corrected chi connectivity index (χ4v) is 2.78. The predicted molar refractivity (Wildman–Crippen MR) is 91.7 cm³/mol. The van der Waals surface area contributed by atoms with E-state index >= 15 is 0 Å². The first-order chi connectivity index (χ1) is 11.9. The maximum atomic E-state index is 12.0. The van der Waals surface area contributed by atoms with Gasteiger partial charge in [0.15, 0.2) is 12.8 Å². The number of nitrogens with zero attached hydrogens (tertiary/aromatic N) is 2. The van der Waals surface area contributed by atoms with Crippen LogP contribution in [0.4, 0.5) is 5.69 Å². The lowest BCUT2D eigenvalue weighted by Gasteiger charge is -2.13. The van der Waals surface area contributed by atoms with Gasteiger partial charge in [-0.15, -0.1) is 0 Å². The molecule has 0 atom stereocenters. The van der Waals surface area contributed by atoms with Crippen molar-refractivity contribution >= 4 is 29.3 Å². The van der Waals surface area contributed by atoms with Crippen molar-refractivity contribution in [3.63, 3.8) is 0 Å². The van der Waals surface area contributed by atoms with Crippen LogP contribution in [0.1, 0.15) is 21.6 Å². The first-order valence-corrected chi connectivity index (χ1v) is 8.06. The van der Waals surface area contributed by atoms with Crippen LogP contribution in [-0.4, -0.2) is 18.5 Å². The zero-order valence-electron chi connectivity index (χ0n) is 13.6. The molecule has 0 bridgehead atoms. The molecule has 7 nitrogen and oxygen atoms in total. The Bertz CT molecular complexity index is 838. The van der Waals surface area contributed by atoms with Gasteiger partial charge >= 0.3 is 11.7 Å². The highest BCUT2D eigenvalue weighted by Crippen LogP contribution is 2.27. The predicted octanol–water partition coefficient (Wildman–Crippen LogP) is 2.31. The maximum absolute atomic E-state index is 12.0. The van der Waals surface area contributed by atoms with Gasteiger partial charge in [0.2, 0.25) is 0 Å². The number of ether oxygens (including phenoxy) is 1. The van der Waals surface area contributed by atoms with E-state index in [-0.39, 0.29) is 5.69 Å². The molecule has 1 aromatic carbocycles. The van der Waals surface area contributed by atoms with Gasteiger partial charge in [-0.05, 0) is 54.9 Å². The van der Waals surface area contributed by atoms with Crippen molar-refractivity contribution in [2.45, 2.75) is 18.7 Å². The molecule has 2 aromatic rings. The van der Waals surface area contributed by atoms with Crippen LogP contribution in [0.3, 0.4) is 0 Å². The summed E-state index contributed by atoms with van der Waals surface area (Å²) in [6.07, 6.45) is 1.17. The third kappa shape index (κ3) is 4.71. The second kappa shape index (κ2) is 8.17. The third-order valence-electron chi connectivity index (χ3n) is 3.30. The standard InChI is InChI=1S/C17H15N3O4S/c1-11-7-13(25-10-18)8-12(2)16(11)19-15(21)9-24-17(22)14-5-3-4-6-20(14)23/h3-8H,9H2,1-2H3,(H,19,21). The summed E-state index contributed by atoms with van der Waals surface area (Å²) in [4.78, 5) is 24.6. The minimum absolute atomic E-state index is 0.194. The molecule has 1 heterocycles. The highest BCUT2D eigenvalue weighted by Gasteiger charge is 2.18. The molecule has 0 aliphatic carbocycles. The average molecular weight is 357 g/mol. The fraction of sp³-hybridized carbons (Fsp3) is 0.176. The smallest absolute Gasteiger partial charge is 0.405 e. The minimum atomic E-state index is -0.875. The Hall–Kier alpha value is -3.05. The van der Waals surface area contributed by atoms with Crippen molar-refractivity contribution in [3.8, 4) is 5.40 Å². The second-order valence-corrected chi connectivity index (χ2v) is 6.02. The molecule has 8 heteroatoms. The van der Waals surface area contributed by atoms with Crippen molar-refractivity contribution in [3.05, 3.63) is 58.6 Å². The third-order valence-corrected chi connectivity index (χ3v) is 3.86. The molecular weight excluding hydrogens is 342 g/mol. The van der Waals surface area contributed by atoms with Crippen LogP contribution >= 0.6 is 11.8 Å². The van der Waals surface area contributed by atoms with Crippen molar-refractivity contribution in [1.29, 1.82) is 5.26 Å². The Balaban J connectivity index is 2.00. The molecule has 0 fully saturated rings. The zero-order valence-corrected chi connectivity index (χ0v) is 14.4. The topological polar surface area (TPSA) is 106 Å². The van der Waals surface area contributed by atoms with E-state index < -0.39 is 18.5 Å². The number of hydrogen-bond donors (Lipinski definition) is 1. The van der Waals surface area contributed by atoms with E-state index in [1.807, 2.05) is 5.40 Å². The second-order valence-electron chi connectivity index (χ2n) is 5.16. The van der Waals surface area contributed by atoms with Crippen LogP contribution < -0.4 is 10.0 Å². The van der Waals surface area contributed by atoms with E-state index in [9.17, 15) is 14.8 Å². The largest absolute Gasteiger partial charge is 0.618 e. The van der Waals surface area contributed by atoms with E-state index in [2.05, 4.69) is 5.32 Å². The number of rotatable bonds is 5. The average Bonchev–Trinajstić information content (AvgIpc) is 2.57. The molecule has 128 valence electrons. The van der Waals surface area contributed by atoms with Gasteiger partial charge in [0.25, 0.3) is 5.91 Å². The number of thiocyanates is 1. The van der Waals surface area contributed by atoms with Crippen molar-refractivity contribution in [2.24, 2.45) is 0 Å². The molecule has 0 saturated carbocycles. The molecule has 0 radical (unpaired) electrons. The molecule has 0 saturated heterocycles. The van der Waals surface area contributed by atoms with E-state index in [0.29, 0.717) is 10.4 Å². The van der Waals surface area contributed by atoms with Crippen molar-refractivity contribution in [1.82, 2.24) is 0 Å². The Kier molecular flexibility index (Phi) is 5.98. The Morgan fingerprint density at radius 1 is 1.32 bits per heavy atom. The number of hydrogen-bond acceptors (Lipinski definition) is 6. The van der Waals surface area contributed by atoms with Crippen LogP contribution in [0.15, 0.2) is 41.4 Å². The molecular formula is C17H15N3O4S. The molecule has 1 N–H and O–H groups in total. The van der Waals surface area contributed by atoms with E-state index in [0.717, 1.165) is 27.8 Å². The summed E-state index contributed by atoms with van der Waals surface area (Å²) in [6.45, 7) is 3.10. The van der Waals surface area contributed by atoms with E-state index in [4.69, 9.17) is 10.00 Å². The van der Waals surface area contributed by atoms with E-state index in [1.165, 1.54) is 24.4 Å². The lowest BCUT2D eigenvalue weighted by atomic mass is 10.1. The van der Waals surface area contributed by atoms with Crippen LogP contribution in [-0.2, 0) is 9.53 Å². The highest BCUT2D eigenvalue weighted by atomic mass is 32.2. The number of aryl methyl sites for hydroxylation is 2. The monoisotopic (exact) mass is 357 g/mol. The highest BCUT2D eigenvalue weighted by molar-refractivity contribution is 8.03. The molecule has 1 aromatic heterocycles. The number of pyridine rings is 1. The van der Waals surface area contributed by atoms with Gasteiger partial charge in [-0.1, -0.05) is 0 Å². The summed E-state index contributed by atoms with van der Waals surface area (Å²) in [5.41, 5.74) is 1.98. The number of amides is 1. The van der Waals surface area contributed by atoms with Crippen LogP contribution in [0, 0.1) is 29.7 Å². The Morgan fingerprint density at radius 3 is 2.60 bits per heavy atom. The van der Waals surface area contributed by atoms with Gasteiger partial charge in [0.1, 0.15) is 5.40 Å². The first-order valence-electron chi connectivity index (χ1n) is 7.24. The summed E-state index contributed by atoms with van der Waals surface area (Å²) < 4.78 is 5.24. The number of esters is 1. The van der Waals surface area contributed by atoms with Gasteiger partial charge < -0.3 is 15.3 Å². The number of nitrogens with one attached hydrogen (secondary N) is 1. The SMILES string of the molecule is Cc1cc(SC#N)cc(C)c1NC(=O)COC(=O)c1cccc[n+]1[O-]. The van der Waals surface area contributed by atoms with Crippen LogP contribution in [0.25, 0.3) is 0 Å². The molecule has 0 aliphatic rings. The normalized spacial score (nSPS) is 9.96. The Morgan fingerprint density at radius 2 is 2.00 bits per heavy atom. The quantitative estimate of drug-likeness (QED) is 0.289. The minimum Gasteiger partial charge on any atom is -0.618 e. The lowest BCUT2D eigenvalue weighted by molar-refractivity contribution is -0.608. The number of benzene rings is 1. The number of thioether (sulfide) groups is 1. The Labute approximate surface area is 148 Å². The van der Waals surface area contributed by atoms with Gasteiger partial charge in [-0.3, -0.25) is 4.79 Å². The van der Waals surface area contributed by atoms with E-state index in [1.54, 1.807) is 26.0 Å². The van der Waals surface area contributed by atoms with Crippen molar-refractivity contribution in [2.75, 3.05) is 11.9 Å². The lowest BCUT2D eigenvalue weighted by Crippen LogP contribution is -2.35. The molecule has 1 amide bonds. The number of carbonyl (C=O) groups excluding carboxylic acids is 2. The summed E-state index contributed by atoms with van der Waals surface area (Å²) in [5.74, 6) is -1.39. The van der Waals surface area contributed by atoms with Gasteiger partial charge in [-0.25, -0.2) is 4.79 Å². The number of aromatic nitrogens is 1. The maximum Gasteiger partial charge on any atom is 0.405 e. The summed E-state index contributed by atoms with van der Waals surface area (Å²) in [6, 6.07) is 7.89. The molecule has 2 rings (SSSR count). The molecule has 0 spiro atoms. The molecule has 0 unspecified atom stereocenters. The zero-order chi connectivity index (χ0) is 18.4. The van der Waals surface area contributed by atoms with Gasteiger partial charge in [0, 0.05) is 22.7 Å². The number of anilines is 1. The summed E-state index contributed by atoms with van der Waals surface area (Å²) >= 11 is 1.04. The summed E-state index contributed by atoms with van der Waals surface area (Å²) in [7, 11) is 0. The molecule has 25 heavy (non-hydrogen) atoms. The first kappa shape index (κ1) is 18.3. The van der Waals surface area contributed by atoms with Gasteiger partial charge in [-0.2, -0.15) is 9.99 Å². The number of nitriles is 1. The number of carbonyl (C=O) groups is 2. The van der Waals surface area contributed by atoms with Gasteiger partial charge in [0.05, 0.1) is 0 Å². The summed E-state index contributed by atoms with van der Waals surface area (Å²) in [5, 5.41) is 24.9. The van der Waals surface area contributed by atoms with Crippen LogP contribution in [0.5, 0.6) is 0 Å². The fourth-order valence-electron chi connectivity index (χ4n) is 2.20. The van der Waals surface area contributed by atoms with Crippen LogP contribution in [0.2, 0.25) is 0 Å².